The number of hydrogen-bond acceptors (Lipinski definition) is 5. The molecule has 3 aromatic rings. The van der Waals surface area contributed by atoms with Crippen molar-refractivity contribution in [3.8, 4) is 5.88 Å². The summed E-state index contributed by atoms with van der Waals surface area (Å²) in [6, 6.07) is 14.8. The second kappa shape index (κ2) is 6.74. The normalized spacial score (nSPS) is 11.0. The molecule has 0 unspecified atom stereocenters. The molecule has 23 heavy (non-hydrogen) atoms. The molecule has 0 saturated carbocycles. The van der Waals surface area contributed by atoms with Gasteiger partial charge < -0.3 is 4.74 Å². The summed E-state index contributed by atoms with van der Waals surface area (Å²) in [5.41, 5.74) is 4.32. The SMILES string of the molecule is CCOc1nc2ccccn2c(=O)c1/C=N/Nc1ccccc1. The molecule has 116 valence electrons. The highest BCUT2D eigenvalue weighted by atomic mass is 16.5. The van der Waals surface area contributed by atoms with Crippen molar-refractivity contribution in [2.75, 3.05) is 12.0 Å². The van der Waals surface area contributed by atoms with E-state index in [0.717, 1.165) is 5.69 Å². The molecule has 0 saturated heterocycles. The quantitative estimate of drug-likeness (QED) is 0.581. The molecule has 0 aliphatic rings. The van der Waals surface area contributed by atoms with Crippen LogP contribution >= 0.6 is 0 Å². The summed E-state index contributed by atoms with van der Waals surface area (Å²) < 4.78 is 6.95. The second-order valence-corrected chi connectivity index (χ2v) is 4.73. The van der Waals surface area contributed by atoms with Crippen LogP contribution in [0.2, 0.25) is 0 Å². The molecular formula is C17H16N4O2. The first-order valence-corrected chi connectivity index (χ1v) is 7.28. The highest BCUT2D eigenvalue weighted by Crippen LogP contribution is 2.12. The van der Waals surface area contributed by atoms with Crippen LogP contribution < -0.4 is 15.7 Å². The molecule has 0 fully saturated rings. The van der Waals surface area contributed by atoms with Gasteiger partial charge in [-0.25, -0.2) is 0 Å². The molecule has 0 aliphatic heterocycles. The minimum Gasteiger partial charge on any atom is -0.477 e. The lowest BCUT2D eigenvalue weighted by Crippen LogP contribution is -2.21. The van der Waals surface area contributed by atoms with E-state index < -0.39 is 0 Å². The largest absolute Gasteiger partial charge is 0.477 e. The summed E-state index contributed by atoms with van der Waals surface area (Å²) >= 11 is 0. The Kier molecular flexibility index (Phi) is 4.33. The molecule has 0 aliphatic carbocycles. The van der Waals surface area contributed by atoms with Gasteiger partial charge in [0.2, 0.25) is 5.88 Å². The van der Waals surface area contributed by atoms with Gasteiger partial charge in [-0.1, -0.05) is 24.3 Å². The number of nitrogens with zero attached hydrogens (tertiary/aromatic N) is 3. The Balaban J connectivity index is 1.99. The van der Waals surface area contributed by atoms with Gasteiger partial charge in [0.05, 0.1) is 18.5 Å². The standard InChI is InChI=1S/C17H16N4O2/c1-2-23-16-14(12-18-20-13-8-4-3-5-9-13)17(22)21-11-7-6-10-15(21)19-16/h3-12,20H,2H2,1H3/b18-12+. The number of para-hydroxylation sites is 1. The number of pyridine rings is 1. The van der Waals surface area contributed by atoms with Gasteiger partial charge in [-0.3, -0.25) is 14.6 Å². The van der Waals surface area contributed by atoms with Crippen LogP contribution in [0.25, 0.3) is 5.65 Å². The predicted octanol–water partition coefficient (Wildman–Crippen LogP) is 2.54. The monoisotopic (exact) mass is 308 g/mol. The number of nitrogens with one attached hydrogen (secondary N) is 1. The van der Waals surface area contributed by atoms with E-state index in [9.17, 15) is 4.79 Å². The van der Waals surface area contributed by atoms with Crippen LogP contribution in [-0.2, 0) is 0 Å². The number of anilines is 1. The van der Waals surface area contributed by atoms with E-state index in [-0.39, 0.29) is 11.4 Å². The number of hydrazone groups is 1. The average Bonchev–Trinajstić information content (AvgIpc) is 2.59. The number of ether oxygens (including phenoxy) is 1. The van der Waals surface area contributed by atoms with Gasteiger partial charge in [-0.15, -0.1) is 0 Å². The molecule has 0 bridgehead atoms. The lowest BCUT2D eigenvalue weighted by Gasteiger charge is -2.08. The summed E-state index contributed by atoms with van der Waals surface area (Å²) in [4.78, 5) is 17.0. The zero-order valence-electron chi connectivity index (χ0n) is 12.6. The predicted molar refractivity (Wildman–Crippen MR) is 90.3 cm³/mol. The molecule has 2 aromatic heterocycles. The van der Waals surface area contributed by atoms with Crippen molar-refractivity contribution in [3.63, 3.8) is 0 Å². The van der Waals surface area contributed by atoms with Crippen molar-refractivity contribution in [1.82, 2.24) is 9.38 Å². The smallest absolute Gasteiger partial charge is 0.270 e. The molecule has 1 N–H and O–H groups in total. The maximum absolute atomic E-state index is 12.6. The number of benzene rings is 1. The van der Waals surface area contributed by atoms with Gasteiger partial charge in [-0.05, 0) is 31.2 Å². The van der Waals surface area contributed by atoms with Crippen molar-refractivity contribution in [1.29, 1.82) is 0 Å². The Morgan fingerprint density at radius 1 is 1.22 bits per heavy atom. The van der Waals surface area contributed by atoms with Gasteiger partial charge in [0.1, 0.15) is 11.2 Å². The number of rotatable bonds is 5. The van der Waals surface area contributed by atoms with Crippen LogP contribution in [0.5, 0.6) is 5.88 Å². The molecule has 2 heterocycles. The van der Waals surface area contributed by atoms with Gasteiger partial charge in [0.15, 0.2) is 0 Å². The number of fused-ring (bicyclic) bond motifs is 1. The fraction of sp³-hybridized carbons (Fsp3) is 0.118. The second-order valence-electron chi connectivity index (χ2n) is 4.73. The lowest BCUT2D eigenvalue weighted by molar-refractivity contribution is 0.326. The summed E-state index contributed by atoms with van der Waals surface area (Å²) in [6.07, 6.45) is 3.11. The Morgan fingerprint density at radius 2 is 2.00 bits per heavy atom. The third kappa shape index (κ3) is 3.21. The Hall–Kier alpha value is -3.15. The zero-order chi connectivity index (χ0) is 16.1. The van der Waals surface area contributed by atoms with Crippen LogP contribution in [0, 0.1) is 0 Å². The van der Waals surface area contributed by atoms with E-state index >= 15 is 0 Å². The van der Waals surface area contributed by atoms with E-state index in [1.165, 1.54) is 10.6 Å². The Morgan fingerprint density at radius 3 is 2.78 bits per heavy atom. The van der Waals surface area contributed by atoms with Crippen LogP contribution in [0.3, 0.4) is 0 Å². The molecule has 0 amide bonds. The zero-order valence-corrected chi connectivity index (χ0v) is 12.6. The molecule has 3 rings (SSSR count). The summed E-state index contributed by atoms with van der Waals surface area (Å²) in [7, 11) is 0. The van der Waals surface area contributed by atoms with Gasteiger partial charge in [0.25, 0.3) is 5.56 Å². The first-order chi connectivity index (χ1) is 11.3. The molecular weight excluding hydrogens is 292 g/mol. The lowest BCUT2D eigenvalue weighted by atomic mass is 10.3. The average molecular weight is 308 g/mol. The molecule has 6 nitrogen and oxygen atoms in total. The minimum atomic E-state index is -0.224. The first-order valence-electron chi connectivity index (χ1n) is 7.28. The Labute approximate surface area is 133 Å². The van der Waals surface area contributed by atoms with Crippen molar-refractivity contribution in [2.45, 2.75) is 6.92 Å². The van der Waals surface area contributed by atoms with E-state index in [4.69, 9.17) is 4.74 Å². The molecule has 1 aromatic carbocycles. The van der Waals surface area contributed by atoms with Crippen LogP contribution in [0.4, 0.5) is 5.69 Å². The highest BCUT2D eigenvalue weighted by molar-refractivity contribution is 5.83. The third-order valence-corrected chi connectivity index (χ3v) is 3.18. The minimum absolute atomic E-state index is 0.224. The van der Waals surface area contributed by atoms with Crippen molar-refractivity contribution < 1.29 is 4.74 Å². The van der Waals surface area contributed by atoms with Gasteiger partial charge in [-0.2, -0.15) is 10.1 Å². The van der Waals surface area contributed by atoms with E-state index in [1.807, 2.05) is 43.3 Å². The molecule has 0 spiro atoms. The maximum Gasteiger partial charge on any atom is 0.270 e. The van der Waals surface area contributed by atoms with Crippen LogP contribution in [0.15, 0.2) is 64.6 Å². The molecule has 6 heteroatoms. The first kappa shape index (κ1) is 14.8. The summed E-state index contributed by atoms with van der Waals surface area (Å²) in [5.74, 6) is 0.280. The van der Waals surface area contributed by atoms with Crippen molar-refractivity contribution >= 4 is 17.5 Å². The summed E-state index contributed by atoms with van der Waals surface area (Å²) in [5, 5.41) is 4.11. The topological polar surface area (TPSA) is 68.0 Å². The Bertz CT molecular complexity index is 888. The molecule has 0 atom stereocenters. The number of hydrogen-bond donors (Lipinski definition) is 1. The highest BCUT2D eigenvalue weighted by Gasteiger charge is 2.11. The fourth-order valence-electron chi connectivity index (χ4n) is 2.12. The summed E-state index contributed by atoms with van der Waals surface area (Å²) in [6.45, 7) is 2.26. The van der Waals surface area contributed by atoms with Crippen LogP contribution in [-0.4, -0.2) is 22.2 Å². The van der Waals surface area contributed by atoms with E-state index in [1.54, 1.807) is 18.3 Å². The fourth-order valence-corrected chi connectivity index (χ4v) is 2.12. The van der Waals surface area contributed by atoms with Gasteiger partial charge >= 0.3 is 0 Å². The van der Waals surface area contributed by atoms with Crippen LogP contribution in [0.1, 0.15) is 12.5 Å². The van der Waals surface area contributed by atoms with E-state index in [0.29, 0.717) is 17.8 Å². The van der Waals surface area contributed by atoms with Gasteiger partial charge in [0, 0.05) is 6.20 Å². The van der Waals surface area contributed by atoms with Crippen molar-refractivity contribution in [3.05, 3.63) is 70.6 Å². The maximum atomic E-state index is 12.6. The molecule has 0 radical (unpaired) electrons. The third-order valence-electron chi connectivity index (χ3n) is 3.18. The number of aromatic nitrogens is 2. The van der Waals surface area contributed by atoms with E-state index in [2.05, 4.69) is 15.5 Å². The van der Waals surface area contributed by atoms with Crippen molar-refractivity contribution in [2.24, 2.45) is 5.10 Å².